The second-order valence-corrected chi connectivity index (χ2v) is 30.3. The molecule has 0 saturated carbocycles. The van der Waals surface area contributed by atoms with E-state index in [4.69, 9.17) is 37.9 Å². The molecule has 0 saturated heterocycles. The molecule has 0 radical (unpaired) electrons. The third kappa shape index (κ3) is 18.2. The summed E-state index contributed by atoms with van der Waals surface area (Å²) in [5.41, 5.74) is -1.58. The lowest BCUT2D eigenvalue weighted by Crippen LogP contribution is -2.52. The Hall–Kier alpha value is -14.0. The summed E-state index contributed by atoms with van der Waals surface area (Å²) in [4.78, 5) is 72.9. The van der Waals surface area contributed by atoms with Gasteiger partial charge in [0, 0.05) is 43.7 Å². The van der Waals surface area contributed by atoms with Gasteiger partial charge in [-0.2, -0.15) is 0 Å². The molecule has 10 aromatic rings. The number of para-hydroxylation sites is 1. The van der Waals surface area contributed by atoms with Crippen molar-refractivity contribution < 1.29 is 123 Å². The topological polar surface area (TPSA) is 459 Å². The summed E-state index contributed by atoms with van der Waals surface area (Å²) in [6.45, 7) is 11.0. The zero-order valence-corrected chi connectivity index (χ0v) is 71.4. The Bertz CT molecular complexity index is 5720. The number of aliphatic hydroxyl groups is 7. The van der Waals surface area contributed by atoms with Crippen LogP contribution in [0.3, 0.4) is 0 Å². The first-order chi connectivity index (χ1) is 60.5. The van der Waals surface area contributed by atoms with Crippen molar-refractivity contribution in [2.45, 2.75) is 92.6 Å². The van der Waals surface area contributed by atoms with E-state index < -0.39 is 88.1 Å². The lowest BCUT2D eigenvalue weighted by atomic mass is 9.76. The van der Waals surface area contributed by atoms with Gasteiger partial charge in [-0.1, -0.05) is 127 Å². The normalized spacial score (nSPS) is 22.1. The van der Waals surface area contributed by atoms with Gasteiger partial charge in [0.15, 0.2) is 64.3 Å². The van der Waals surface area contributed by atoms with Crippen molar-refractivity contribution in [3.63, 3.8) is 0 Å². The quantitative estimate of drug-likeness (QED) is 0.0203. The fourth-order valence-electron chi connectivity index (χ4n) is 15.7. The molecule has 127 heavy (non-hydrogen) atoms. The van der Waals surface area contributed by atoms with Gasteiger partial charge in [-0.15, -0.1) is 0 Å². The van der Waals surface area contributed by atoms with E-state index >= 15 is 0 Å². The highest BCUT2D eigenvalue weighted by molar-refractivity contribution is 6.04. The van der Waals surface area contributed by atoms with Crippen molar-refractivity contribution in [2.24, 2.45) is 0 Å². The molecule has 0 unspecified atom stereocenters. The lowest BCUT2D eigenvalue weighted by molar-refractivity contribution is -0.143. The minimum Gasteiger partial charge on any atom is -0.507 e. The highest BCUT2D eigenvalue weighted by Crippen LogP contribution is 2.53. The predicted octanol–water partition coefficient (Wildman–Crippen LogP) is 10.7. The number of nitrogens with one attached hydrogen (secondary N) is 5. The Morgan fingerprint density at radius 1 is 0.362 bits per heavy atom. The number of hydrogen-bond donors (Lipinski definition) is 16. The van der Waals surface area contributed by atoms with E-state index in [0.717, 1.165) is 11.1 Å². The van der Waals surface area contributed by atoms with Crippen molar-refractivity contribution in [3.05, 3.63) is 308 Å². The first kappa shape index (κ1) is 93.7. The van der Waals surface area contributed by atoms with E-state index in [1.807, 2.05) is 26.8 Å². The van der Waals surface area contributed by atoms with Crippen molar-refractivity contribution in [1.29, 1.82) is 0 Å². The van der Waals surface area contributed by atoms with Crippen LogP contribution < -0.4 is 50.3 Å². The van der Waals surface area contributed by atoms with E-state index in [0.29, 0.717) is 96.7 Å². The molecule has 15 rings (SSSR count). The van der Waals surface area contributed by atoms with Crippen LogP contribution in [0.1, 0.15) is 100 Å². The SMILES string of the molecule is C=C(C)/C=C/c1ccc2c(c1O)[C@](O)(c1ccc(OC)cc1)[C@@H](OC)C(=O)N2.COc1ccc([C@@]2(O)c3c(ccc(/C=C/C(C)=O)c3O)NC(=O)[C@@H]2OC)cc1.COc1ccc([C@@]2(O)c3c(ccc(CC=C(C)C)c3O)NC(=O)[C@@H]2OC)cc1.COc1ccc([C@]2(O)c3c(O)cccc3NC(=O)[C@H]2O)cc1.COc1ccc([C@]2(O)c3ccccc3NC(=O)[C@H]2O)cc1. The second kappa shape index (κ2) is 39.0. The van der Waals surface area contributed by atoms with E-state index in [1.165, 1.54) is 79.9 Å². The molecule has 30 nitrogen and oxygen atoms in total. The number of methoxy groups -OCH3 is 8. The van der Waals surface area contributed by atoms with Crippen LogP contribution in [0.2, 0.25) is 0 Å². The van der Waals surface area contributed by atoms with Gasteiger partial charge in [0.05, 0.1) is 80.6 Å². The molecule has 0 spiro atoms. The number of carbonyl (C=O) groups is 6. The zero-order valence-electron chi connectivity index (χ0n) is 71.4. The van der Waals surface area contributed by atoms with Gasteiger partial charge in [0.25, 0.3) is 29.5 Å². The highest BCUT2D eigenvalue weighted by atomic mass is 16.5. The smallest absolute Gasteiger partial charge is 0.257 e. The first-order valence-corrected chi connectivity index (χ1v) is 39.5. The summed E-state index contributed by atoms with van der Waals surface area (Å²) in [6.07, 6.45) is 1.60. The van der Waals surface area contributed by atoms with Gasteiger partial charge in [0.1, 0.15) is 51.7 Å². The van der Waals surface area contributed by atoms with Crippen LogP contribution in [0.25, 0.3) is 12.2 Å². The van der Waals surface area contributed by atoms with E-state index in [-0.39, 0.29) is 68.0 Å². The fourth-order valence-corrected chi connectivity index (χ4v) is 15.7. The molecule has 10 atom stereocenters. The van der Waals surface area contributed by atoms with Crippen LogP contribution in [-0.2, 0) is 77.4 Å². The monoisotopic (exact) mass is 1730 g/mol. The maximum atomic E-state index is 12.6. The second-order valence-electron chi connectivity index (χ2n) is 30.3. The molecule has 0 aliphatic carbocycles. The number of carbonyl (C=O) groups excluding carboxylic acids is 6. The van der Waals surface area contributed by atoms with Crippen molar-refractivity contribution >= 4 is 75.9 Å². The zero-order chi connectivity index (χ0) is 92.4. The fraction of sp³-hybridized carbons (Fsp3) is 0.237. The molecule has 662 valence electrons. The Morgan fingerprint density at radius 3 is 1.04 bits per heavy atom. The molecule has 16 N–H and O–H groups in total. The molecule has 0 fully saturated rings. The number of anilines is 5. The number of aromatic hydroxyl groups is 4. The molecule has 0 aromatic heterocycles. The number of ketones is 1. The number of phenols is 4. The first-order valence-electron chi connectivity index (χ1n) is 39.5. The summed E-state index contributed by atoms with van der Waals surface area (Å²) in [6, 6.07) is 53.9. The van der Waals surface area contributed by atoms with Crippen LogP contribution in [0.15, 0.2) is 236 Å². The maximum Gasteiger partial charge on any atom is 0.257 e. The van der Waals surface area contributed by atoms with E-state index in [9.17, 15) is 84.9 Å². The van der Waals surface area contributed by atoms with Crippen molar-refractivity contribution in [2.75, 3.05) is 83.5 Å². The molecule has 0 bridgehead atoms. The number of amides is 5. The molecule has 5 aliphatic heterocycles. The number of phenolic OH excluding ortho intramolecular Hbond substituents is 4. The van der Waals surface area contributed by atoms with Crippen LogP contribution >= 0.6 is 0 Å². The lowest BCUT2D eigenvalue weighted by Gasteiger charge is -2.40. The summed E-state index contributed by atoms with van der Waals surface area (Å²) >= 11 is 0. The number of allylic oxidation sites excluding steroid dienone is 5. The highest BCUT2D eigenvalue weighted by Gasteiger charge is 2.56. The van der Waals surface area contributed by atoms with Crippen LogP contribution in [0.4, 0.5) is 28.4 Å². The van der Waals surface area contributed by atoms with E-state index in [1.54, 1.807) is 208 Å². The van der Waals surface area contributed by atoms with E-state index in [2.05, 4.69) is 33.2 Å². The summed E-state index contributed by atoms with van der Waals surface area (Å²) in [7, 11) is 11.7. The minimum atomic E-state index is -2.05. The number of ether oxygens (including phenoxy) is 8. The summed E-state index contributed by atoms with van der Waals surface area (Å²) < 4.78 is 41.7. The largest absolute Gasteiger partial charge is 0.507 e. The molecule has 30 heteroatoms. The number of hydrogen-bond acceptors (Lipinski definition) is 25. The minimum absolute atomic E-state index is 0.0598. The number of benzene rings is 10. The molecule has 5 heterocycles. The van der Waals surface area contributed by atoms with Crippen LogP contribution in [0.5, 0.6) is 51.7 Å². The van der Waals surface area contributed by atoms with Gasteiger partial charge >= 0.3 is 0 Å². The average Bonchev–Trinajstić information content (AvgIpc) is 0.741. The number of fused-ring (bicyclic) bond motifs is 5. The van der Waals surface area contributed by atoms with Gasteiger partial charge in [-0.05, 0) is 189 Å². The number of aliphatic hydroxyl groups excluding tert-OH is 2. The van der Waals surface area contributed by atoms with Gasteiger partial charge < -0.3 is 121 Å². The maximum absolute atomic E-state index is 12.6. The Balaban J connectivity index is 0.000000155. The Kier molecular flexibility index (Phi) is 28.8. The molecule has 5 aliphatic rings. The molecular formula is C97H99N5O25. The van der Waals surface area contributed by atoms with Crippen LogP contribution in [0, 0.1) is 0 Å². The number of rotatable bonds is 19. The van der Waals surface area contributed by atoms with Gasteiger partial charge in [-0.3, -0.25) is 28.8 Å². The molecule has 10 aromatic carbocycles. The summed E-state index contributed by atoms with van der Waals surface area (Å²) in [5, 5.41) is 134. The predicted molar refractivity (Wildman–Crippen MR) is 473 cm³/mol. The van der Waals surface area contributed by atoms with Crippen molar-refractivity contribution in [3.8, 4) is 51.7 Å². The van der Waals surface area contributed by atoms with Crippen LogP contribution in [-0.4, -0.2) is 179 Å². The van der Waals surface area contributed by atoms with Gasteiger partial charge in [0.2, 0.25) is 0 Å². The third-order valence-corrected chi connectivity index (χ3v) is 22.1. The molecule has 5 amide bonds. The third-order valence-electron chi connectivity index (χ3n) is 22.1. The molecular weight excluding hydrogens is 1640 g/mol. The standard InChI is InChI=1S/C22H25NO5.C22H23NO5.C21H21NO6.C16H15NO5.C16H15NO4/c2*1-13(2)5-6-14-7-12-17-18(19(14)24)22(26,20(28-4)21(25)23-17)15-8-10-16(27-3)11-9-15;1-12(23)4-5-13-6-11-16-17(18(13)24)21(26,19(28-3)20(25)22-16)14-7-9-15(27-2)10-8-14;1-22-10-7-5-9(6-8-10)16(21)13-11(3-2-4-12(13)18)17-15(20)14(16)19;1-21-11-8-6-10(7-9-11)16(20)12-4-2-3-5-13(12)17-15(19)14(16)18/h5,7-12,20,24,26H,6H2,1-4H3,(H,23,25);5-12,20,24,26H,1H2,2-4H3,(H,23,25);4-11,19,24,26H,1-3H3,(H,22,25);2-8,14,18-19,21H,1H3,(H,17,20);2-9,14,18,20H,1H3,(H,17,19)/b;6-5+;5-4+;;/t2*20-,22+;19-,21+;2*14-,16+/m00011/s1. The Labute approximate surface area is 731 Å². The van der Waals surface area contributed by atoms with Crippen molar-refractivity contribution in [1.82, 2.24) is 0 Å². The Morgan fingerprint density at radius 2 is 0.677 bits per heavy atom. The summed E-state index contributed by atoms with van der Waals surface area (Å²) in [5.74, 6) is -0.769. The van der Waals surface area contributed by atoms with Gasteiger partial charge in [-0.25, -0.2) is 0 Å². The average molecular weight is 1730 g/mol.